The molecule has 0 amide bonds. The summed E-state index contributed by atoms with van der Waals surface area (Å²) in [5.74, 6) is -0.743. The van der Waals surface area contributed by atoms with Crippen molar-refractivity contribution in [1.82, 2.24) is 5.09 Å². The summed E-state index contributed by atoms with van der Waals surface area (Å²) in [6.45, 7) is 0. The molecular weight excluding hydrogens is 125 g/mol. The fourth-order valence-corrected chi connectivity index (χ4v) is 0.957. The molecule has 0 aromatic carbocycles. The van der Waals surface area contributed by atoms with Crippen molar-refractivity contribution < 1.29 is 9.90 Å². The standard InChI is InChI=1S/C4H8NO2P/c6-3(7)4(5-8)1-2-4/h5H,1-2,8H2,(H,6,7). The van der Waals surface area contributed by atoms with Crippen LogP contribution in [0.3, 0.4) is 0 Å². The first kappa shape index (κ1) is 5.99. The Balaban J connectivity index is 2.53. The van der Waals surface area contributed by atoms with Gasteiger partial charge in [0.2, 0.25) is 0 Å². The molecule has 3 nitrogen and oxygen atoms in total. The first-order valence-electron chi connectivity index (χ1n) is 2.42. The van der Waals surface area contributed by atoms with Crippen LogP contribution in [0.5, 0.6) is 0 Å². The van der Waals surface area contributed by atoms with Gasteiger partial charge in [0.05, 0.1) is 0 Å². The second-order valence-corrected chi connectivity index (χ2v) is 2.32. The number of carbonyl (C=O) groups is 1. The summed E-state index contributed by atoms with van der Waals surface area (Å²) in [5.41, 5.74) is -0.579. The normalized spacial score (nSPS) is 22.6. The van der Waals surface area contributed by atoms with Gasteiger partial charge in [0.1, 0.15) is 5.54 Å². The van der Waals surface area contributed by atoms with E-state index in [0.29, 0.717) is 0 Å². The summed E-state index contributed by atoms with van der Waals surface area (Å²) >= 11 is 0. The molecule has 1 atom stereocenters. The zero-order valence-electron chi connectivity index (χ0n) is 4.35. The van der Waals surface area contributed by atoms with Gasteiger partial charge in [0.25, 0.3) is 0 Å². The minimum Gasteiger partial charge on any atom is -0.480 e. The minimum absolute atomic E-state index is 0.579. The van der Waals surface area contributed by atoms with Gasteiger partial charge < -0.3 is 5.11 Å². The molecule has 1 rings (SSSR count). The number of rotatable bonds is 2. The Hall–Kier alpha value is -0.140. The highest BCUT2D eigenvalue weighted by Gasteiger charge is 2.48. The third-order valence-electron chi connectivity index (χ3n) is 1.44. The van der Waals surface area contributed by atoms with Crippen molar-refractivity contribution in [2.75, 3.05) is 0 Å². The smallest absolute Gasteiger partial charge is 0.324 e. The van der Waals surface area contributed by atoms with Crippen LogP contribution in [0.15, 0.2) is 0 Å². The minimum atomic E-state index is -0.743. The van der Waals surface area contributed by atoms with Crippen molar-refractivity contribution in [3.8, 4) is 0 Å². The van der Waals surface area contributed by atoms with Gasteiger partial charge in [-0.1, -0.05) is 9.39 Å². The number of nitrogens with one attached hydrogen (secondary N) is 1. The molecular formula is C4H8NO2P. The van der Waals surface area contributed by atoms with E-state index in [1.807, 2.05) is 0 Å². The monoisotopic (exact) mass is 133 g/mol. The third kappa shape index (κ3) is 0.721. The molecule has 0 spiro atoms. The predicted octanol–water partition coefficient (Wildman–Crippen LogP) is -0.0167. The van der Waals surface area contributed by atoms with E-state index in [4.69, 9.17) is 5.11 Å². The molecule has 4 heteroatoms. The highest BCUT2D eigenvalue weighted by Crippen LogP contribution is 2.36. The van der Waals surface area contributed by atoms with Crippen LogP contribution in [0, 0.1) is 0 Å². The van der Waals surface area contributed by atoms with E-state index in [1.165, 1.54) is 0 Å². The van der Waals surface area contributed by atoms with Gasteiger partial charge in [-0.05, 0) is 12.8 Å². The van der Waals surface area contributed by atoms with Crippen molar-refractivity contribution in [2.45, 2.75) is 18.4 Å². The average molecular weight is 133 g/mol. The van der Waals surface area contributed by atoms with E-state index < -0.39 is 11.5 Å². The van der Waals surface area contributed by atoms with Crippen LogP contribution in [0.4, 0.5) is 0 Å². The molecule has 0 aromatic rings. The SMILES string of the molecule is O=C(O)C1(NP)CC1. The van der Waals surface area contributed by atoms with E-state index in [2.05, 4.69) is 14.5 Å². The quantitative estimate of drug-likeness (QED) is 0.520. The molecule has 0 bridgehead atoms. The molecule has 2 N–H and O–H groups in total. The van der Waals surface area contributed by atoms with Crippen LogP contribution in [-0.4, -0.2) is 16.6 Å². The van der Waals surface area contributed by atoms with E-state index in [1.54, 1.807) is 0 Å². The van der Waals surface area contributed by atoms with Crippen molar-refractivity contribution >= 4 is 15.4 Å². The molecule has 8 heavy (non-hydrogen) atoms. The maximum absolute atomic E-state index is 10.2. The summed E-state index contributed by atoms with van der Waals surface area (Å²) in [7, 11) is 2.22. The number of hydrogen-bond acceptors (Lipinski definition) is 2. The Morgan fingerprint density at radius 2 is 2.25 bits per heavy atom. The summed E-state index contributed by atoms with van der Waals surface area (Å²) < 4.78 is 0. The highest BCUT2D eigenvalue weighted by atomic mass is 31.0. The van der Waals surface area contributed by atoms with Gasteiger partial charge >= 0.3 is 5.97 Å². The lowest BCUT2D eigenvalue weighted by Gasteiger charge is -2.04. The van der Waals surface area contributed by atoms with E-state index >= 15 is 0 Å². The van der Waals surface area contributed by atoms with Gasteiger partial charge in [-0.2, -0.15) is 0 Å². The Morgan fingerprint density at radius 1 is 1.75 bits per heavy atom. The Bertz CT molecular complexity index is 121. The Morgan fingerprint density at radius 3 is 2.25 bits per heavy atom. The highest BCUT2D eigenvalue weighted by molar-refractivity contribution is 7.13. The number of carboxylic acid groups (broad SMARTS) is 1. The van der Waals surface area contributed by atoms with Crippen molar-refractivity contribution in [3.63, 3.8) is 0 Å². The predicted molar refractivity (Wildman–Crippen MR) is 32.4 cm³/mol. The fourth-order valence-electron chi connectivity index (χ4n) is 0.545. The van der Waals surface area contributed by atoms with Gasteiger partial charge in [0.15, 0.2) is 0 Å². The number of hydrogen-bond donors (Lipinski definition) is 2. The second-order valence-electron chi connectivity index (χ2n) is 2.03. The molecule has 1 aliphatic carbocycles. The molecule has 1 saturated carbocycles. The van der Waals surface area contributed by atoms with E-state index in [-0.39, 0.29) is 0 Å². The molecule has 0 aromatic heterocycles. The fraction of sp³-hybridized carbons (Fsp3) is 0.750. The van der Waals surface area contributed by atoms with E-state index in [9.17, 15) is 4.79 Å². The number of carboxylic acids is 1. The average Bonchev–Trinajstić information content (AvgIpc) is 2.44. The lowest BCUT2D eigenvalue weighted by Crippen LogP contribution is -2.32. The summed E-state index contributed by atoms with van der Waals surface area (Å²) in [6, 6.07) is 0. The zero-order valence-corrected chi connectivity index (χ0v) is 5.50. The Labute approximate surface area is 49.7 Å². The van der Waals surface area contributed by atoms with Crippen LogP contribution < -0.4 is 5.09 Å². The molecule has 1 fully saturated rings. The second kappa shape index (κ2) is 1.67. The summed E-state index contributed by atoms with van der Waals surface area (Å²) in [4.78, 5) is 10.2. The van der Waals surface area contributed by atoms with Crippen molar-refractivity contribution in [1.29, 1.82) is 0 Å². The van der Waals surface area contributed by atoms with Crippen LogP contribution in [0.2, 0.25) is 0 Å². The van der Waals surface area contributed by atoms with Gasteiger partial charge in [-0.3, -0.25) is 9.88 Å². The Kier molecular flexibility index (Phi) is 1.25. The largest absolute Gasteiger partial charge is 0.480 e. The molecule has 1 unspecified atom stereocenters. The lowest BCUT2D eigenvalue weighted by molar-refractivity contribution is -0.140. The van der Waals surface area contributed by atoms with Crippen molar-refractivity contribution in [2.24, 2.45) is 0 Å². The van der Waals surface area contributed by atoms with E-state index in [0.717, 1.165) is 12.8 Å². The zero-order chi connectivity index (χ0) is 6.20. The van der Waals surface area contributed by atoms with Crippen LogP contribution >= 0.6 is 9.39 Å². The van der Waals surface area contributed by atoms with Crippen molar-refractivity contribution in [3.05, 3.63) is 0 Å². The molecule has 0 heterocycles. The first-order chi connectivity index (χ1) is 3.71. The summed E-state index contributed by atoms with van der Waals surface area (Å²) in [5, 5.41) is 11.1. The maximum atomic E-state index is 10.2. The van der Waals surface area contributed by atoms with Gasteiger partial charge in [-0.25, -0.2) is 0 Å². The lowest BCUT2D eigenvalue weighted by atomic mass is 10.3. The van der Waals surface area contributed by atoms with Gasteiger partial charge in [0, 0.05) is 0 Å². The van der Waals surface area contributed by atoms with Crippen LogP contribution in [0.1, 0.15) is 12.8 Å². The molecule has 0 radical (unpaired) electrons. The van der Waals surface area contributed by atoms with Gasteiger partial charge in [-0.15, -0.1) is 0 Å². The number of aliphatic carboxylic acids is 1. The molecule has 0 aliphatic heterocycles. The third-order valence-corrected chi connectivity index (χ3v) is 1.99. The van der Waals surface area contributed by atoms with Crippen LogP contribution in [0.25, 0.3) is 0 Å². The van der Waals surface area contributed by atoms with Crippen LogP contribution in [-0.2, 0) is 4.79 Å². The first-order valence-corrected chi connectivity index (χ1v) is 3.00. The summed E-state index contributed by atoms with van der Waals surface area (Å²) in [6.07, 6.45) is 1.51. The topological polar surface area (TPSA) is 49.3 Å². The maximum Gasteiger partial charge on any atom is 0.324 e. The molecule has 1 aliphatic rings. The molecule has 0 saturated heterocycles. The molecule has 46 valence electrons.